The van der Waals surface area contributed by atoms with E-state index in [4.69, 9.17) is 4.74 Å². The Balaban J connectivity index is 1.70. The van der Waals surface area contributed by atoms with Crippen molar-refractivity contribution >= 4 is 44.4 Å². The lowest BCUT2D eigenvalue weighted by Crippen LogP contribution is -2.39. The summed E-state index contributed by atoms with van der Waals surface area (Å²) in [5.74, 6) is -1.17. The van der Waals surface area contributed by atoms with E-state index in [1.165, 1.54) is 29.5 Å². The highest BCUT2D eigenvalue weighted by atomic mass is 79.9. The Morgan fingerprint density at radius 1 is 1.37 bits per heavy atom. The molecule has 0 bridgehead atoms. The van der Waals surface area contributed by atoms with Gasteiger partial charge in [-0.05, 0) is 39.0 Å². The van der Waals surface area contributed by atoms with E-state index in [2.05, 4.69) is 26.2 Å². The maximum absolute atomic E-state index is 13.9. The van der Waals surface area contributed by atoms with Crippen LogP contribution >= 0.6 is 27.3 Å². The van der Waals surface area contributed by atoms with Crippen LogP contribution in [0.3, 0.4) is 0 Å². The number of aromatic nitrogens is 1. The van der Waals surface area contributed by atoms with E-state index in [0.717, 1.165) is 10.6 Å². The number of benzene rings is 1. The van der Waals surface area contributed by atoms with Gasteiger partial charge in [-0.1, -0.05) is 27.3 Å². The van der Waals surface area contributed by atoms with Crippen LogP contribution in [0.5, 0.6) is 0 Å². The fourth-order valence-corrected chi connectivity index (χ4v) is 3.95. The minimum absolute atomic E-state index is 0.0621. The molecule has 0 fully saturated rings. The molecular formula is C18H19BrFN3O3S. The molecule has 0 spiro atoms. The highest BCUT2D eigenvalue weighted by Gasteiger charge is 2.28. The van der Waals surface area contributed by atoms with E-state index in [9.17, 15) is 14.0 Å². The number of anilines is 1. The van der Waals surface area contributed by atoms with Crippen LogP contribution in [0.4, 0.5) is 14.3 Å². The van der Waals surface area contributed by atoms with Gasteiger partial charge in [0.1, 0.15) is 11.4 Å². The topological polar surface area (TPSA) is 71.5 Å². The molecule has 0 saturated carbocycles. The van der Waals surface area contributed by atoms with Crippen molar-refractivity contribution in [3.05, 3.63) is 44.6 Å². The maximum atomic E-state index is 13.9. The van der Waals surface area contributed by atoms with Crippen molar-refractivity contribution in [2.24, 2.45) is 0 Å². The lowest BCUT2D eigenvalue weighted by molar-refractivity contribution is 0.0225. The van der Waals surface area contributed by atoms with Crippen LogP contribution in [0.25, 0.3) is 0 Å². The first-order valence-corrected chi connectivity index (χ1v) is 9.96. The molecule has 9 heteroatoms. The van der Waals surface area contributed by atoms with Crippen molar-refractivity contribution < 1.29 is 18.7 Å². The number of rotatable bonds is 2. The zero-order chi connectivity index (χ0) is 19.8. The van der Waals surface area contributed by atoms with Gasteiger partial charge in [-0.25, -0.2) is 14.2 Å². The van der Waals surface area contributed by atoms with Gasteiger partial charge in [0, 0.05) is 22.3 Å². The Bertz CT molecular complexity index is 894. The number of hydrogen-bond donors (Lipinski definition) is 1. The van der Waals surface area contributed by atoms with Gasteiger partial charge in [-0.15, -0.1) is 0 Å². The molecule has 1 aromatic heterocycles. The molecule has 1 aromatic carbocycles. The van der Waals surface area contributed by atoms with Crippen molar-refractivity contribution in [2.45, 2.75) is 39.3 Å². The molecule has 0 atom stereocenters. The second kappa shape index (κ2) is 7.55. The molecule has 3 rings (SSSR count). The number of nitrogens with zero attached hydrogens (tertiary/aromatic N) is 2. The van der Waals surface area contributed by atoms with Gasteiger partial charge in [-0.3, -0.25) is 10.1 Å². The van der Waals surface area contributed by atoms with Crippen LogP contribution in [0, 0.1) is 5.82 Å². The second-order valence-electron chi connectivity index (χ2n) is 7.12. The summed E-state index contributed by atoms with van der Waals surface area (Å²) in [6.07, 6.45) is 0.204. The average Bonchev–Trinajstić information content (AvgIpc) is 2.96. The van der Waals surface area contributed by atoms with Crippen molar-refractivity contribution in [3.63, 3.8) is 0 Å². The third-order valence-electron chi connectivity index (χ3n) is 3.78. The predicted octanol–water partition coefficient (Wildman–Crippen LogP) is 4.59. The summed E-state index contributed by atoms with van der Waals surface area (Å²) in [4.78, 5) is 31.5. The van der Waals surface area contributed by atoms with E-state index >= 15 is 0 Å². The number of carbonyl (C=O) groups excluding carboxylic acids is 2. The zero-order valence-electron chi connectivity index (χ0n) is 15.1. The predicted molar refractivity (Wildman–Crippen MR) is 105 cm³/mol. The van der Waals surface area contributed by atoms with Gasteiger partial charge < -0.3 is 9.64 Å². The SMILES string of the molecule is CC(C)(C)OC(=O)N1CCc2nc(NC(=O)c3cc(Br)ccc3F)sc2C1. The molecule has 6 nitrogen and oxygen atoms in total. The summed E-state index contributed by atoms with van der Waals surface area (Å²) in [7, 11) is 0. The molecule has 2 heterocycles. The van der Waals surface area contributed by atoms with Gasteiger partial charge in [0.25, 0.3) is 5.91 Å². The highest BCUT2D eigenvalue weighted by Crippen LogP contribution is 2.29. The molecule has 27 heavy (non-hydrogen) atoms. The van der Waals surface area contributed by atoms with Crippen molar-refractivity contribution in [1.29, 1.82) is 0 Å². The number of thiazole rings is 1. The molecule has 0 saturated heterocycles. The third kappa shape index (κ3) is 4.84. The number of halogens is 2. The third-order valence-corrected chi connectivity index (χ3v) is 5.27. The normalized spacial score (nSPS) is 13.9. The van der Waals surface area contributed by atoms with Crippen molar-refractivity contribution in [2.75, 3.05) is 11.9 Å². The number of ether oxygens (including phenoxy) is 1. The van der Waals surface area contributed by atoms with E-state index < -0.39 is 17.3 Å². The minimum atomic E-state index is -0.604. The number of amides is 2. The van der Waals surface area contributed by atoms with E-state index in [-0.39, 0.29) is 11.7 Å². The lowest BCUT2D eigenvalue weighted by Gasteiger charge is -2.29. The Morgan fingerprint density at radius 3 is 2.81 bits per heavy atom. The molecule has 1 N–H and O–H groups in total. The van der Waals surface area contributed by atoms with Gasteiger partial charge in [0.2, 0.25) is 0 Å². The van der Waals surface area contributed by atoms with Crippen LogP contribution in [-0.4, -0.2) is 34.0 Å². The van der Waals surface area contributed by atoms with Gasteiger partial charge >= 0.3 is 6.09 Å². The number of nitrogens with one attached hydrogen (secondary N) is 1. The molecule has 2 amide bonds. The second-order valence-corrected chi connectivity index (χ2v) is 9.12. The lowest BCUT2D eigenvalue weighted by atomic mass is 10.2. The number of hydrogen-bond acceptors (Lipinski definition) is 5. The van der Waals surface area contributed by atoms with Crippen LogP contribution < -0.4 is 5.32 Å². The van der Waals surface area contributed by atoms with Crippen molar-refractivity contribution in [1.82, 2.24) is 9.88 Å². The smallest absolute Gasteiger partial charge is 0.410 e. The summed E-state index contributed by atoms with van der Waals surface area (Å²) in [6, 6.07) is 4.17. The van der Waals surface area contributed by atoms with Gasteiger partial charge in [0.15, 0.2) is 5.13 Å². The number of carbonyl (C=O) groups is 2. The molecule has 0 aliphatic carbocycles. The molecule has 1 aliphatic rings. The summed E-state index contributed by atoms with van der Waals surface area (Å²) in [6.45, 7) is 6.34. The Hall–Kier alpha value is -2.00. The van der Waals surface area contributed by atoms with Crippen LogP contribution in [-0.2, 0) is 17.7 Å². The molecule has 144 valence electrons. The Morgan fingerprint density at radius 2 is 2.11 bits per heavy atom. The van der Waals surface area contributed by atoms with Crippen LogP contribution in [0.15, 0.2) is 22.7 Å². The standard InChI is InChI=1S/C18H19BrFN3O3S/c1-18(2,3)26-17(25)23-7-6-13-14(9-23)27-16(21-13)22-15(24)11-8-10(19)4-5-12(11)20/h4-5,8H,6-7,9H2,1-3H3,(H,21,22,24). The maximum Gasteiger partial charge on any atom is 0.410 e. The quantitative estimate of drug-likeness (QED) is 0.718. The number of fused-ring (bicyclic) bond motifs is 1. The van der Waals surface area contributed by atoms with Crippen LogP contribution in [0.2, 0.25) is 0 Å². The minimum Gasteiger partial charge on any atom is -0.444 e. The Labute approximate surface area is 168 Å². The summed E-state index contributed by atoms with van der Waals surface area (Å²) in [5, 5.41) is 3.02. The molecular weight excluding hydrogens is 437 g/mol. The van der Waals surface area contributed by atoms with E-state index in [1.54, 1.807) is 4.90 Å². The fraction of sp³-hybridized carbons (Fsp3) is 0.389. The zero-order valence-corrected chi connectivity index (χ0v) is 17.5. The first kappa shape index (κ1) is 19.8. The summed E-state index contributed by atoms with van der Waals surface area (Å²) in [5.41, 5.74) is 0.218. The van der Waals surface area contributed by atoms with E-state index in [0.29, 0.717) is 29.1 Å². The van der Waals surface area contributed by atoms with E-state index in [1.807, 2.05) is 20.8 Å². The molecule has 2 aromatic rings. The van der Waals surface area contributed by atoms with Crippen molar-refractivity contribution in [3.8, 4) is 0 Å². The van der Waals surface area contributed by atoms with Gasteiger partial charge in [0.05, 0.1) is 17.8 Å². The van der Waals surface area contributed by atoms with Gasteiger partial charge in [-0.2, -0.15) is 0 Å². The summed E-state index contributed by atoms with van der Waals surface area (Å²) >= 11 is 4.51. The average molecular weight is 456 g/mol. The molecule has 0 radical (unpaired) electrons. The summed E-state index contributed by atoms with van der Waals surface area (Å²) < 4.78 is 19.9. The first-order valence-electron chi connectivity index (χ1n) is 8.35. The largest absolute Gasteiger partial charge is 0.444 e. The fourth-order valence-electron chi connectivity index (χ4n) is 2.57. The molecule has 1 aliphatic heterocycles. The van der Waals surface area contributed by atoms with Crippen LogP contribution in [0.1, 0.15) is 41.7 Å². The Kier molecular flexibility index (Phi) is 5.53. The highest BCUT2D eigenvalue weighted by molar-refractivity contribution is 9.10. The molecule has 0 unspecified atom stereocenters. The first-order chi connectivity index (χ1) is 12.6. The monoisotopic (exact) mass is 455 g/mol.